The zero-order chi connectivity index (χ0) is 12.5. The highest BCUT2D eigenvalue weighted by Gasteiger charge is 2.32. The van der Waals surface area contributed by atoms with Crippen molar-refractivity contribution in [2.24, 2.45) is 0 Å². The summed E-state index contributed by atoms with van der Waals surface area (Å²) in [6, 6.07) is -0.134. The van der Waals surface area contributed by atoms with E-state index in [1.54, 1.807) is 0 Å². The number of carbonyl (C=O) groups excluding carboxylic acids is 1. The molecule has 3 rings (SSSR count). The molecule has 0 aromatic carbocycles. The lowest BCUT2D eigenvalue weighted by atomic mass is 9.98. The fourth-order valence-electron chi connectivity index (χ4n) is 2.91. The number of hydrogen-bond acceptors (Lipinski definition) is 4. The molecule has 1 N–H and O–H groups in total. The Labute approximate surface area is 107 Å². The molecular weight excluding hydrogens is 230 g/mol. The zero-order valence-corrected chi connectivity index (χ0v) is 10.6. The second-order valence-corrected chi connectivity index (χ2v) is 5.26. The van der Waals surface area contributed by atoms with E-state index in [2.05, 4.69) is 14.9 Å². The van der Waals surface area contributed by atoms with Crippen molar-refractivity contribution in [3.05, 3.63) is 18.2 Å². The van der Waals surface area contributed by atoms with Gasteiger partial charge in [0.15, 0.2) is 0 Å². The average molecular weight is 249 g/mol. The third kappa shape index (κ3) is 2.14. The molecule has 98 valence electrons. The number of ether oxygens (including phenoxy) is 1. The molecule has 0 saturated carbocycles. The standard InChI is InChI=1S/C13H19N3O2/c1-9-7-11(13(17)18-9)15-8-10-3-2-5-16-6-4-14-12(10)16/h4,6,9-11,15H,2-3,5,7-8H2,1H3/t9-,10+,11-/m1/s1. The van der Waals surface area contributed by atoms with E-state index in [-0.39, 0.29) is 18.1 Å². The summed E-state index contributed by atoms with van der Waals surface area (Å²) in [7, 11) is 0. The molecule has 3 atom stereocenters. The van der Waals surface area contributed by atoms with Crippen LogP contribution in [0.25, 0.3) is 0 Å². The van der Waals surface area contributed by atoms with E-state index >= 15 is 0 Å². The molecule has 2 aliphatic heterocycles. The van der Waals surface area contributed by atoms with E-state index in [0.717, 1.165) is 31.8 Å². The molecule has 18 heavy (non-hydrogen) atoms. The topological polar surface area (TPSA) is 56.2 Å². The van der Waals surface area contributed by atoms with E-state index < -0.39 is 0 Å². The van der Waals surface area contributed by atoms with Gasteiger partial charge in [0.1, 0.15) is 18.0 Å². The van der Waals surface area contributed by atoms with Crippen LogP contribution >= 0.6 is 0 Å². The molecule has 0 radical (unpaired) electrons. The third-order valence-corrected chi connectivity index (χ3v) is 3.84. The smallest absolute Gasteiger partial charge is 0.323 e. The molecule has 1 aromatic rings. The van der Waals surface area contributed by atoms with Gasteiger partial charge in [-0.15, -0.1) is 0 Å². The van der Waals surface area contributed by atoms with Gasteiger partial charge in [0.05, 0.1) is 0 Å². The molecule has 1 saturated heterocycles. The number of nitrogens with one attached hydrogen (secondary N) is 1. The summed E-state index contributed by atoms with van der Waals surface area (Å²) in [5.74, 6) is 1.45. The van der Waals surface area contributed by atoms with Crippen LogP contribution in [-0.4, -0.2) is 34.2 Å². The first-order chi connectivity index (χ1) is 8.74. The van der Waals surface area contributed by atoms with Gasteiger partial charge in [-0.3, -0.25) is 4.79 Å². The second kappa shape index (κ2) is 4.72. The predicted molar refractivity (Wildman–Crippen MR) is 66.2 cm³/mol. The molecule has 5 nitrogen and oxygen atoms in total. The fraction of sp³-hybridized carbons (Fsp3) is 0.692. The van der Waals surface area contributed by atoms with Crippen molar-refractivity contribution in [1.82, 2.24) is 14.9 Å². The van der Waals surface area contributed by atoms with Gasteiger partial charge in [0.25, 0.3) is 0 Å². The molecule has 0 bridgehead atoms. The maximum Gasteiger partial charge on any atom is 0.323 e. The molecule has 0 aliphatic carbocycles. The number of esters is 1. The van der Waals surface area contributed by atoms with Gasteiger partial charge in [-0.05, 0) is 19.8 Å². The summed E-state index contributed by atoms with van der Waals surface area (Å²) >= 11 is 0. The summed E-state index contributed by atoms with van der Waals surface area (Å²) < 4.78 is 7.36. The quantitative estimate of drug-likeness (QED) is 0.814. The van der Waals surface area contributed by atoms with Crippen LogP contribution in [0.15, 0.2) is 12.4 Å². The molecule has 0 unspecified atom stereocenters. The number of nitrogens with zero attached hydrogens (tertiary/aromatic N) is 2. The lowest BCUT2D eigenvalue weighted by molar-refractivity contribution is -0.142. The van der Waals surface area contributed by atoms with Crippen LogP contribution in [-0.2, 0) is 16.1 Å². The number of hydrogen-bond donors (Lipinski definition) is 1. The van der Waals surface area contributed by atoms with Crippen LogP contribution in [0.2, 0.25) is 0 Å². The Hall–Kier alpha value is -1.36. The van der Waals surface area contributed by atoms with E-state index in [0.29, 0.717) is 5.92 Å². The first-order valence-corrected chi connectivity index (χ1v) is 6.69. The highest BCUT2D eigenvalue weighted by molar-refractivity contribution is 5.77. The molecule has 1 aromatic heterocycles. The summed E-state index contributed by atoms with van der Waals surface area (Å²) in [5, 5.41) is 3.33. The molecule has 1 fully saturated rings. The third-order valence-electron chi connectivity index (χ3n) is 3.84. The normalized spacial score (nSPS) is 31.2. The van der Waals surface area contributed by atoms with Crippen molar-refractivity contribution in [2.45, 2.75) is 50.8 Å². The van der Waals surface area contributed by atoms with Crippen molar-refractivity contribution in [2.75, 3.05) is 6.54 Å². The highest BCUT2D eigenvalue weighted by Crippen LogP contribution is 2.25. The summed E-state index contributed by atoms with van der Waals surface area (Å²) in [6.07, 6.45) is 7.04. The number of imidazole rings is 1. The van der Waals surface area contributed by atoms with Crippen LogP contribution in [0.4, 0.5) is 0 Å². The minimum absolute atomic E-state index is 0.0448. The van der Waals surface area contributed by atoms with Gasteiger partial charge in [-0.1, -0.05) is 0 Å². The molecule has 0 amide bonds. The molecule has 3 heterocycles. The summed E-state index contributed by atoms with van der Waals surface area (Å²) in [6.45, 7) is 3.81. The van der Waals surface area contributed by atoms with Gasteiger partial charge in [0, 0.05) is 37.8 Å². The van der Waals surface area contributed by atoms with Crippen molar-refractivity contribution < 1.29 is 9.53 Å². The SMILES string of the molecule is C[C@@H]1C[C@@H](NC[C@@H]2CCCn3ccnc32)C(=O)O1. The Morgan fingerprint density at radius 3 is 3.28 bits per heavy atom. The molecule has 5 heteroatoms. The maximum atomic E-state index is 11.5. The molecule has 2 aliphatic rings. The van der Waals surface area contributed by atoms with Crippen molar-refractivity contribution in [3.63, 3.8) is 0 Å². The van der Waals surface area contributed by atoms with Crippen molar-refractivity contribution in [3.8, 4) is 0 Å². The minimum atomic E-state index is -0.134. The van der Waals surface area contributed by atoms with Gasteiger partial charge < -0.3 is 14.6 Å². The Morgan fingerprint density at radius 1 is 1.61 bits per heavy atom. The van der Waals surface area contributed by atoms with Crippen LogP contribution < -0.4 is 5.32 Å². The fourth-order valence-corrected chi connectivity index (χ4v) is 2.91. The highest BCUT2D eigenvalue weighted by atomic mass is 16.6. The Balaban J connectivity index is 1.60. The Kier molecular flexibility index (Phi) is 3.07. The zero-order valence-electron chi connectivity index (χ0n) is 10.6. The Morgan fingerprint density at radius 2 is 2.50 bits per heavy atom. The number of cyclic esters (lactones) is 1. The number of rotatable bonds is 3. The summed E-state index contributed by atoms with van der Waals surface area (Å²) in [4.78, 5) is 16.0. The first kappa shape index (κ1) is 11.7. The average Bonchev–Trinajstić information content (AvgIpc) is 2.93. The van der Waals surface area contributed by atoms with Gasteiger partial charge in [-0.2, -0.15) is 0 Å². The second-order valence-electron chi connectivity index (χ2n) is 5.26. The van der Waals surface area contributed by atoms with E-state index in [4.69, 9.17) is 4.74 Å². The number of aromatic nitrogens is 2. The van der Waals surface area contributed by atoms with Gasteiger partial charge in [-0.25, -0.2) is 4.98 Å². The van der Waals surface area contributed by atoms with Crippen LogP contribution in [0.1, 0.15) is 37.9 Å². The number of aryl methyl sites for hydroxylation is 1. The number of fused-ring (bicyclic) bond motifs is 1. The van der Waals surface area contributed by atoms with Crippen molar-refractivity contribution in [1.29, 1.82) is 0 Å². The van der Waals surface area contributed by atoms with Gasteiger partial charge in [0.2, 0.25) is 0 Å². The Bertz CT molecular complexity index is 443. The van der Waals surface area contributed by atoms with Crippen LogP contribution in [0.3, 0.4) is 0 Å². The molecular formula is C13H19N3O2. The van der Waals surface area contributed by atoms with E-state index in [1.165, 1.54) is 6.42 Å². The lowest BCUT2D eigenvalue weighted by Gasteiger charge is -2.24. The number of carbonyl (C=O) groups is 1. The monoisotopic (exact) mass is 249 g/mol. The lowest BCUT2D eigenvalue weighted by Crippen LogP contribution is -2.37. The molecule has 0 spiro atoms. The van der Waals surface area contributed by atoms with Crippen molar-refractivity contribution >= 4 is 5.97 Å². The summed E-state index contributed by atoms with van der Waals surface area (Å²) in [5.41, 5.74) is 0. The van der Waals surface area contributed by atoms with Crippen LogP contribution in [0, 0.1) is 0 Å². The van der Waals surface area contributed by atoms with Crippen LogP contribution in [0.5, 0.6) is 0 Å². The van der Waals surface area contributed by atoms with E-state index in [1.807, 2.05) is 19.3 Å². The van der Waals surface area contributed by atoms with Gasteiger partial charge >= 0.3 is 5.97 Å². The first-order valence-electron chi connectivity index (χ1n) is 6.69. The predicted octanol–water partition coefficient (Wildman–Crippen LogP) is 1.05. The van der Waals surface area contributed by atoms with E-state index in [9.17, 15) is 4.79 Å². The maximum absolute atomic E-state index is 11.5. The largest absolute Gasteiger partial charge is 0.461 e. The minimum Gasteiger partial charge on any atom is -0.461 e.